The zero-order valence-corrected chi connectivity index (χ0v) is 14.1. The molecule has 3 aromatic rings. The summed E-state index contributed by atoms with van der Waals surface area (Å²) in [6, 6.07) is 7.67. The first-order valence-electron chi connectivity index (χ1n) is 6.89. The number of thiazole rings is 1. The van der Waals surface area contributed by atoms with E-state index in [-0.39, 0.29) is 11.3 Å². The number of fused-ring (bicyclic) bond motifs is 1. The van der Waals surface area contributed by atoms with Crippen molar-refractivity contribution in [3.8, 4) is 5.88 Å². The number of H-pyrrole nitrogens is 2. The van der Waals surface area contributed by atoms with Crippen molar-refractivity contribution in [3.05, 3.63) is 50.7 Å². The standard InChI is InChI=1S/C14H11N5O4S2/c20-10(6-24-14-16-8-3-1-2-4-9(8)25-14)19-15-5-7-11(21)17-13(23)18-12(7)22/h1-5H,6H2,(H,19,20)(H3,17,18,21,22,23). The molecule has 0 saturated carbocycles. The lowest BCUT2D eigenvalue weighted by molar-refractivity contribution is -0.118. The maximum absolute atomic E-state index is 11.8. The van der Waals surface area contributed by atoms with Gasteiger partial charge in [-0.15, -0.1) is 11.3 Å². The quantitative estimate of drug-likeness (QED) is 0.292. The van der Waals surface area contributed by atoms with Crippen LogP contribution in [0.5, 0.6) is 5.88 Å². The molecule has 3 rings (SSSR count). The Morgan fingerprint density at radius 3 is 2.92 bits per heavy atom. The first kappa shape index (κ1) is 16.9. The second-order valence-corrected chi connectivity index (χ2v) is 6.95. The number of para-hydroxylation sites is 1. The lowest BCUT2D eigenvalue weighted by atomic mass is 10.3. The molecule has 0 aliphatic heterocycles. The number of aromatic nitrogens is 3. The predicted octanol–water partition coefficient (Wildman–Crippen LogP) is 0.621. The molecule has 128 valence electrons. The van der Waals surface area contributed by atoms with Crippen LogP contribution in [0, 0.1) is 0 Å². The van der Waals surface area contributed by atoms with Gasteiger partial charge in [0.15, 0.2) is 4.34 Å². The van der Waals surface area contributed by atoms with E-state index in [1.165, 1.54) is 23.1 Å². The van der Waals surface area contributed by atoms with Crippen molar-refractivity contribution >= 4 is 45.4 Å². The third kappa shape index (κ3) is 4.14. The number of hydrogen-bond donors (Lipinski definition) is 4. The average molecular weight is 377 g/mol. The molecule has 0 bridgehead atoms. The summed E-state index contributed by atoms with van der Waals surface area (Å²) in [6.07, 6.45) is 0.949. The van der Waals surface area contributed by atoms with Crippen molar-refractivity contribution in [2.75, 3.05) is 5.75 Å². The normalized spacial score (nSPS) is 11.2. The van der Waals surface area contributed by atoms with Crippen molar-refractivity contribution in [2.24, 2.45) is 5.10 Å². The molecule has 0 spiro atoms. The zero-order valence-electron chi connectivity index (χ0n) is 12.5. The number of amides is 1. The van der Waals surface area contributed by atoms with Gasteiger partial charge in [-0.1, -0.05) is 23.9 Å². The number of carbonyl (C=O) groups excluding carboxylic acids is 1. The van der Waals surface area contributed by atoms with E-state index >= 15 is 0 Å². The van der Waals surface area contributed by atoms with E-state index in [0.29, 0.717) is 0 Å². The minimum atomic E-state index is -0.837. The Bertz CT molecular complexity index is 1040. The molecule has 4 N–H and O–H groups in total. The molecule has 0 saturated heterocycles. The van der Waals surface area contributed by atoms with E-state index in [4.69, 9.17) is 0 Å². The molecule has 9 nitrogen and oxygen atoms in total. The number of aromatic hydroxyl groups is 1. The Morgan fingerprint density at radius 2 is 2.16 bits per heavy atom. The summed E-state index contributed by atoms with van der Waals surface area (Å²) in [5, 5.41) is 13.1. The summed E-state index contributed by atoms with van der Waals surface area (Å²) >= 11 is 2.75. The molecular formula is C14H11N5O4S2. The number of nitrogens with one attached hydrogen (secondary N) is 3. The summed E-state index contributed by atoms with van der Waals surface area (Å²) in [5.74, 6) is -0.943. The summed E-state index contributed by atoms with van der Waals surface area (Å²) in [7, 11) is 0. The Labute approximate surface area is 147 Å². The second-order valence-electron chi connectivity index (χ2n) is 4.70. The van der Waals surface area contributed by atoms with Gasteiger partial charge in [-0.05, 0) is 12.1 Å². The molecule has 1 amide bonds. The minimum absolute atomic E-state index is 0.0884. The van der Waals surface area contributed by atoms with Crippen LogP contribution in [0.4, 0.5) is 0 Å². The number of benzene rings is 1. The molecule has 0 radical (unpaired) electrons. The third-order valence-electron chi connectivity index (χ3n) is 2.94. The van der Waals surface area contributed by atoms with Gasteiger partial charge in [-0.2, -0.15) is 5.10 Å². The largest absolute Gasteiger partial charge is 0.494 e. The monoisotopic (exact) mass is 377 g/mol. The van der Waals surface area contributed by atoms with E-state index < -0.39 is 23.0 Å². The highest BCUT2D eigenvalue weighted by atomic mass is 32.2. The smallest absolute Gasteiger partial charge is 0.328 e. The van der Waals surface area contributed by atoms with Crippen LogP contribution in [0.25, 0.3) is 10.2 Å². The summed E-state index contributed by atoms with van der Waals surface area (Å²) in [6.45, 7) is 0. The first-order valence-corrected chi connectivity index (χ1v) is 8.69. The Kier molecular flexibility index (Phi) is 4.95. The van der Waals surface area contributed by atoms with Gasteiger partial charge in [0, 0.05) is 0 Å². The topological polar surface area (TPSA) is 140 Å². The van der Waals surface area contributed by atoms with E-state index in [9.17, 15) is 19.5 Å². The van der Waals surface area contributed by atoms with Crippen LogP contribution in [0.2, 0.25) is 0 Å². The van der Waals surface area contributed by atoms with Crippen molar-refractivity contribution in [1.29, 1.82) is 0 Å². The third-order valence-corrected chi connectivity index (χ3v) is 5.12. The summed E-state index contributed by atoms with van der Waals surface area (Å²) < 4.78 is 1.80. The van der Waals surface area contributed by atoms with Crippen molar-refractivity contribution in [2.45, 2.75) is 4.34 Å². The lowest BCUT2D eigenvalue weighted by Crippen LogP contribution is -2.26. The number of hydrogen-bond acceptors (Lipinski definition) is 8. The van der Waals surface area contributed by atoms with Crippen LogP contribution in [0.1, 0.15) is 5.56 Å². The molecular weight excluding hydrogens is 366 g/mol. The van der Waals surface area contributed by atoms with Gasteiger partial charge in [-0.3, -0.25) is 19.6 Å². The highest BCUT2D eigenvalue weighted by molar-refractivity contribution is 8.01. The maximum atomic E-state index is 11.8. The maximum Gasteiger partial charge on any atom is 0.328 e. The number of rotatable bonds is 5. The van der Waals surface area contributed by atoms with Gasteiger partial charge < -0.3 is 5.11 Å². The molecule has 0 aliphatic carbocycles. The Morgan fingerprint density at radius 1 is 1.36 bits per heavy atom. The van der Waals surface area contributed by atoms with E-state index in [0.717, 1.165) is 20.8 Å². The van der Waals surface area contributed by atoms with Crippen LogP contribution < -0.4 is 16.7 Å². The van der Waals surface area contributed by atoms with Crippen LogP contribution >= 0.6 is 23.1 Å². The number of hydrazone groups is 1. The van der Waals surface area contributed by atoms with E-state index in [1.54, 1.807) is 0 Å². The molecule has 0 atom stereocenters. The Hall–Kier alpha value is -2.92. The highest BCUT2D eigenvalue weighted by Gasteiger charge is 2.08. The average Bonchev–Trinajstić information content (AvgIpc) is 2.98. The van der Waals surface area contributed by atoms with Crippen LogP contribution in [0.3, 0.4) is 0 Å². The number of thioether (sulfide) groups is 1. The molecule has 2 heterocycles. The molecule has 25 heavy (non-hydrogen) atoms. The van der Waals surface area contributed by atoms with Crippen LogP contribution in [-0.2, 0) is 4.79 Å². The van der Waals surface area contributed by atoms with Gasteiger partial charge in [0.1, 0.15) is 5.56 Å². The van der Waals surface area contributed by atoms with Crippen molar-refractivity contribution < 1.29 is 9.90 Å². The summed E-state index contributed by atoms with van der Waals surface area (Å²) in [4.78, 5) is 42.5. The van der Waals surface area contributed by atoms with Crippen LogP contribution in [0.15, 0.2) is 43.3 Å². The molecule has 0 unspecified atom stereocenters. The fourth-order valence-corrected chi connectivity index (χ4v) is 3.71. The van der Waals surface area contributed by atoms with Crippen molar-refractivity contribution in [3.63, 3.8) is 0 Å². The fourth-order valence-electron chi connectivity index (χ4n) is 1.85. The van der Waals surface area contributed by atoms with Gasteiger partial charge >= 0.3 is 5.69 Å². The fraction of sp³-hybridized carbons (Fsp3) is 0.0714. The van der Waals surface area contributed by atoms with Crippen molar-refractivity contribution in [1.82, 2.24) is 20.4 Å². The first-order chi connectivity index (χ1) is 12.0. The van der Waals surface area contributed by atoms with Crippen LogP contribution in [-0.4, -0.2) is 37.9 Å². The van der Waals surface area contributed by atoms with E-state index in [1.807, 2.05) is 34.2 Å². The second kappa shape index (κ2) is 7.32. The molecule has 0 fully saturated rings. The van der Waals surface area contributed by atoms with Gasteiger partial charge in [-0.25, -0.2) is 15.2 Å². The predicted molar refractivity (Wildman–Crippen MR) is 95.4 cm³/mol. The molecule has 0 aliphatic rings. The number of carbonyl (C=O) groups is 1. The van der Waals surface area contributed by atoms with Gasteiger partial charge in [0.2, 0.25) is 5.88 Å². The summed E-state index contributed by atoms with van der Waals surface area (Å²) in [5.41, 5.74) is 1.19. The molecule has 11 heteroatoms. The minimum Gasteiger partial charge on any atom is -0.494 e. The highest BCUT2D eigenvalue weighted by Crippen LogP contribution is 2.28. The van der Waals surface area contributed by atoms with Gasteiger partial charge in [0.05, 0.1) is 22.2 Å². The zero-order chi connectivity index (χ0) is 17.8. The number of aromatic amines is 2. The van der Waals surface area contributed by atoms with Gasteiger partial charge in [0.25, 0.3) is 11.5 Å². The van der Waals surface area contributed by atoms with E-state index in [2.05, 4.69) is 15.5 Å². The molecule has 1 aromatic carbocycles. The Balaban J connectivity index is 1.58. The number of nitrogens with zero attached hydrogens (tertiary/aromatic N) is 2. The SMILES string of the molecule is O=C(CSc1nc2ccccc2s1)NN=Cc1c(O)[nH]c(=O)[nH]c1=O. The lowest BCUT2D eigenvalue weighted by Gasteiger charge is -1.98. The molecule has 2 aromatic heterocycles.